The molecule has 7 nitrogen and oxygen atoms in total. The Morgan fingerprint density at radius 3 is 2.48 bits per heavy atom. The number of carbonyl (C=O) groups excluding carboxylic acids is 2. The fourth-order valence-electron chi connectivity index (χ4n) is 3.38. The van der Waals surface area contributed by atoms with Crippen molar-refractivity contribution in [2.24, 2.45) is 5.73 Å². The Balaban J connectivity index is 1.55. The minimum Gasteiger partial charge on any atom is -0.497 e. The van der Waals surface area contributed by atoms with Crippen LogP contribution in [0.25, 0.3) is 0 Å². The van der Waals surface area contributed by atoms with Crippen LogP contribution in [-0.2, 0) is 11.3 Å². The number of rotatable bonds is 5. The van der Waals surface area contributed by atoms with Gasteiger partial charge in [-0.1, -0.05) is 12.1 Å². The Kier molecular flexibility index (Phi) is 5.13. The van der Waals surface area contributed by atoms with Crippen molar-refractivity contribution in [3.63, 3.8) is 0 Å². The van der Waals surface area contributed by atoms with E-state index in [9.17, 15) is 9.59 Å². The molecule has 1 heterocycles. The molecule has 3 rings (SSSR count). The van der Waals surface area contributed by atoms with Crippen molar-refractivity contribution in [3.05, 3.63) is 29.8 Å². The van der Waals surface area contributed by atoms with Crippen LogP contribution in [-0.4, -0.2) is 60.6 Å². The lowest BCUT2D eigenvalue weighted by Gasteiger charge is -2.26. The molecule has 0 aromatic heterocycles. The predicted octanol–water partition coefficient (Wildman–Crippen LogP) is 0.930. The Labute approximate surface area is 148 Å². The molecule has 0 atom stereocenters. The molecule has 0 unspecified atom stereocenters. The fraction of sp³-hybridized carbons (Fsp3) is 0.556. The summed E-state index contributed by atoms with van der Waals surface area (Å²) in [7, 11) is 1.66. The highest BCUT2D eigenvalue weighted by Crippen LogP contribution is 2.37. The molecule has 1 aliphatic carbocycles. The van der Waals surface area contributed by atoms with Crippen LogP contribution in [0.2, 0.25) is 0 Å². The zero-order valence-corrected chi connectivity index (χ0v) is 14.7. The number of benzene rings is 1. The van der Waals surface area contributed by atoms with Gasteiger partial charge in [0.15, 0.2) is 0 Å². The molecule has 1 aromatic carbocycles. The molecule has 0 spiro atoms. The second-order valence-corrected chi connectivity index (χ2v) is 6.84. The van der Waals surface area contributed by atoms with E-state index in [4.69, 9.17) is 10.5 Å². The molecule has 1 saturated heterocycles. The molecule has 3 N–H and O–H groups in total. The summed E-state index contributed by atoms with van der Waals surface area (Å²) < 4.78 is 5.19. The minimum atomic E-state index is -0.739. The Hall–Kier alpha value is -2.28. The van der Waals surface area contributed by atoms with E-state index in [0.29, 0.717) is 19.4 Å². The molecule has 2 aliphatic rings. The first kappa shape index (κ1) is 17.5. The largest absolute Gasteiger partial charge is 0.497 e. The third-order valence-electron chi connectivity index (χ3n) is 4.96. The van der Waals surface area contributed by atoms with E-state index in [1.807, 2.05) is 17.0 Å². The number of hydrogen-bond acceptors (Lipinski definition) is 4. The normalized spacial score (nSPS) is 19.8. The molecule has 2 fully saturated rings. The number of nitrogens with two attached hydrogens (primary N) is 1. The van der Waals surface area contributed by atoms with Crippen LogP contribution in [0.5, 0.6) is 5.75 Å². The van der Waals surface area contributed by atoms with E-state index >= 15 is 0 Å². The van der Waals surface area contributed by atoms with Gasteiger partial charge in [-0.3, -0.25) is 9.69 Å². The van der Waals surface area contributed by atoms with Crippen molar-refractivity contribution in [3.8, 4) is 5.75 Å². The first-order chi connectivity index (χ1) is 12.0. The maximum absolute atomic E-state index is 12.7. The van der Waals surface area contributed by atoms with Crippen LogP contribution in [0, 0.1) is 0 Å². The third-order valence-corrected chi connectivity index (χ3v) is 4.96. The van der Waals surface area contributed by atoms with Gasteiger partial charge in [-0.25, -0.2) is 4.79 Å². The monoisotopic (exact) mass is 346 g/mol. The molecule has 0 bridgehead atoms. The second-order valence-electron chi connectivity index (χ2n) is 6.84. The van der Waals surface area contributed by atoms with Crippen molar-refractivity contribution in [1.82, 2.24) is 15.1 Å². The first-order valence-corrected chi connectivity index (χ1v) is 8.75. The summed E-state index contributed by atoms with van der Waals surface area (Å²) in [5.74, 6) is 0.866. The van der Waals surface area contributed by atoms with Crippen molar-refractivity contribution >= 4 is 11.9 Å². The number of carbonyl (C=O) groups is 2. The fourth-order valence-corrected chi connectivity index (χ4v) is 3.38. The van der Waals surface area contributed by atoms with Crippen molar-refractivity contribution in [1.29, 1.82) is 0 Å². The SMILES string of the molecule is COc1ccc(CN2CCCN(C(=O)C3(NC(N)=O)CC3)CC2)cc1. The van der Waals surface area contributed by atoms with Crippen LogP contribution >= 0.6 is 0 Å². The van der Waals surface area contributed by atoms with Gasteiger partial charge in [-0.2, -0.15) is 0 Å². The number of ether oxygens (including phenoxy) is 1. The summed E-state index contributed by atoms with van der Waals surface area (Å²) in [6.07, 6.45) is 2.29. The average Bonchev–Trinajstić information content (AvgIpc) is 3.39. The molecule has 0 radical (unpaired) electrons. The van der Waals surface area contributed by atoms with Gasteiger partial charge in [0, 0.05) is 32.7 Å². The van der Waals surface area contributed by atoms with Crippen molar-refractivity contribution in [2.75, 3.05) is 33.3 Å². The van der Waals surface area contributed by atoms with Gasteiger partial charge in [0.1, 0.15) is 11.3 Å². The average molecular weight is 346 g/mol. The van der Waals surface area contributed by atoms with Crippen LogP contribution in [0.4, 0.5) is 4.79 Å². The van der Waals surface area contributed by atoms with E-state index in [1.54, 1.807) is 7.11 Å². The summed E-state index contributed by atoms with van der Waals surface area (Å²) >= 11 is 0. The zero-order valence-electron chi connectivity index (χ0n) is 14.7. The van der Waals surface area contributed by atoms with Gasteiger partial charge in [-0.05, 0) is 37.0 Å². The molecule has 1 saturated carbocycles. The maximum Gasteiger partial charge on any atom is 0.313 e. The van der Waals surface area contributed by atoms with Gasteiger partial charge in [-0.15, -0.1) is 0 Å². The van der Waals surface area contributed by atoms with Crippen LogP contribution in [0.15, 0.2) is 24.3 Å². The number of hydrogen-bond donors (Lipinski definition) is 2. The van der Waals surface area contributed by atoms with Crippen LogP contribution in [0.3, 0.4) is 0 Å². The lowest BCUT2D eigenvalue weighted by Crippen LogP contribution is -2.52. The highest BCUT2D eigenvalue weighted by molar-refractivity contribution is 5.93. The van der Waals surface area contributed by atoms with E-state index in [1.165, 1.54) is 5.56 Å². The number of urea groups is 1. The van der Waals surface area contributed by atoms with Crippen molar-refractivity contribution in [2.45, 2.75) is 31.3 Å². The number of amides is 3. The van der Waals surface area contributed by atoms with Gasteiger partial charge in [0.2, 0.25) is 5.91 Å². The zero-order chi connectivity index (χ0) is 17.9. The van der Waals surface area contributed by atoms with Crippen molar-refractivity contribution < 1.29 is 14.3 Å². The summed E-state index contributed by atoms with van der Waals surface area (Å²) in [6.45, 7) is 4.03. The van der Waals surface area contributed by atoms with Gasteiger partial charge in [0.05, 0.1) is 7.11 Å². The lowest BCUT2D eigenvalue weighted by atomic mass is 10.2. The molecular weight excluding hydrogens is 320 g/mol. The third kappa shape index (κ3) is 4.22. The summed E-state index contributed by atoms with van der Waals surface area (Å²) in [6, 6.07) is 7.46. The second kappa shape index (κ2) is 7.31. The standard InChI is InChI=1S/C18H26N4O3/c1-25-15-5-3-14(4-6-15)13-21-9-2-10-22(12-11-21)16(23)18(7-8-18)20-17(19)24/h3-6H,2,7-13H2,1H3,(H3,19,20,24). The summed E-state index contributed by atoms with van der Waals surface area (Å²) in [5, 5.41) is 2.63. The van der Waals surface area contributed by atoms with E-state index in [0.717, 1.165) is 38.3 Å². The Bertz CT molecular complexity index is 628. The van der Waals surface area contributed by atoms with E-state index in [2.05, 4.69) is 22.3 Å². The van der Waals surface area contributed by atoms with Gasteiger partial charge >= 0.3 is 6.03 Å². The van der Waals surface area contributed by atoms with E-state index in [-0.39, 0.29) is 5.91 Å². The van der Waals surface area contributed by atoms with Gasteiger partial charge < -0.3 is 20.7 Å². The minimum absolute atomic E-state index is 0.0117. The smallest absolute Gasteiger partial charge is 0.313 e. The highest BCUT2D eigenvalue weighted by atomic mass is 16.5. The topological polar surface area (TPSA) is 87.9 Å². The van der Waals surface area contributed by atoms with Gasteiger partial charge in [0.25, 0.3) is 0 Å². The number of methoxy groups -OCH3 is 1. The molecule has 3 amide bonds. The molecule has 1 aromatic rings. The molecule has 25 heavy (non-hydrogen) atoms. The summed E-state index contributed by atoms with van der Waals surface area (Å²) in [4.78, 5) is 28.1. The highest BCUT2D eigenvalue weighted by Gasteiger charge is 2.52. The molecule has 1 aliphatic heterocycles. The predicted molar refractivity (Wildman–Crippen MR) is 94.2 cm³/mol. The first-order valence-electron chi connectivity index (χ1n) is 8.75. The number of nitrogens with one attached hydrogen (secondary N) is 1. The number of primary amides is 1. The molecule has 7 heteroatoms. The lowest BCUT2D eigenvalue weighted by molar-refractivity contribution is -0.134. The Morgan fingerprint density at radius 1 is 1.16 bits per heavy atom. The quantitative estimate of drug-likeness (QED) is 0.830. The van der Waals surface area contributed by atoms with E-state index < -0.39 is 11.6 Å². The summed E-state index contributed by atoms with van der Waals surface area (Å²) in [5.41, 5.74) is 5.70. The molecular formula is C18H26N4O3. The maximum atomic E-state index is 12.7. The van der Waals surface area contributed by atoms with Crippen LogP contribution < -0.4 is 15.8 Å². The Morgan fingerprint density at radius 2 is 1.88 bits per heavy atom. The molecule has 136 valence electrons. The number of nitrogens with zero attached hydrogens (tertiary/aromatic N) is 2. The van der Waals surface area contributed by atoms with Crippen LogP contribution in [0.1, 0.15) is 24.8 Å².